The summed E-state index contributed by atoms with van der Waals surface area (Å²) in [6.45, 7) is 5.21. The van der Waals surface area contributed by atoms with E-state index in [-0.39, 0.29) is 0 Å². The summed E-state index contributed by atoms with van der Waals surface area (Å²) in [5.41, 5.74) is 3.61. The molecule has 0 saturated carbocycles. The van der Waals surface area contributed by atoms with Crippen LogP contribution in [-0.4, -0.2) is 19.1 Å². The van der Waals surface area contributed by atoms with Gasteiger partial charge in [-0.2, -0.15) is 0 Å². The Morgan fingerprint density at radius 2 is 2.00 bits per heavy atom. The molecule has 3 nitrogen and oxygen atoms in total. The summed E-state index contributed by atoms with van der Waals surface area (Å²) < 4.78 is 5.12. The lowest BCUT2D eigenvalue weighted by molar-refractivity contribution is 0.412. The van der Waals surface area contributed by atoms with Gasteiger partial charge in [-0.15, -0.1) is 0 Å². The number of hydrogen-bond donors (Lipinski definition) is 0. The number of methoxy groups -OCH3 is 1. The zero-order valence-electron chi connectivity index (χ0n) is 12.6. The smallest absolute Gasteiger partial charge is 0.137 e. The molecule has 0 fully saturated rings. The van der Waals surface area contributed by atoms with Crippen LogP contribution in [0.4, 0.5) is 5.69 Å². The molecule has 0 aliphatic rings. The van der Waals surface area contributed by atoms with Crippen molar-refractivity contribution in [1.29, 1.82) is 0 Å². The highest BCUT2D eigenvalue weighted by Crippen LogP contribution is 2.22. The second-order valence-electron chi connectivity index (χ2n) is 5.30. The molecule has 0 radical (unpaired) electrons. The first-order valence-corrected chi connectivity index (χ1v) is 6.90. The Kier molecular flexibility index (Phi) is 4.61. The molecule has 0 aliphatic carbocycles. The second-order valence-corrected chi connectivity index (χ2v) is 5.30. The van der Waals surface area contributed by atoms with Gasteiger partial charge >= 0.3 is 0 Å². The van der Waals surface area contributed by atoms with Crippen molar-refractivity contribution in [3.8, 4) is 5.75 Å². The van der Waals surface area contributed by atoms with Gasteiger partial charge in [0.25, 0.3) is 0 Å². The third kappa shape index (κ3) is 3.50. The number of aromatic nitrogens is 1. The van der Waals surface area contributed by atoms with Gasteiger partial charge in [-0.3, -0.25) is 4.98 Å². The van der Waals surface area contributed by atoms with E-state index in [1.807, 2.05) is 12.1 Å². The number of pyridine rings is 1. The van der Waals surface area contributed by atoms with E-state index in [0.29, 0.717) is 5.92 Å². The average molecular weight is 270 g/mol. The second kappa shape index (κ2) is 6.42. The van der Waals surface area contributed by atoms with Crippen LogP contribution in [-0.2, 0) is 6.54 Å². The minimum absolute atomic E-state index is 0.544. The first kappa shape index (κ1) is 14.4. The number of rotatable bonds is 5. The van der Waals surface area contributed by atoms with E-state index in [1.54, 1.807) is 13.3 Å². The van der Waals surface area contributed by atoms with Crippen molar-refractivity contribution in [2.45, 2.75) is 26.3 Å². The SMILES string of the molecule is COc1ccc(CN(C)c2cccc(C(C)C)c2)nc1. The van der Waals surface area contributed by atoms with Crippen LogP contribution in [0.3, 0.4) is 0 Å². The molecule has 3 heteroatoms. The molecule has 2 rings (SSSR count). The summed E-state index contributed by atoms with van der Waals surface area (Å²) in [5.74, 6) is 1.33. The monoisotopic (exact) mass is 270 g/mol. The van der Waals surface area contributed by atoms with Gasteiger partial charge in [0.05, 0.1) is 25.5 Å². The number of nitrogens with zero attached hydrogens (tertiary/aromatic N) is 2. The highest BCUT2D eigenvalue weighted by atomic mass is 16.5. The Morgan fingerprint density at radius 3 is 2.60 bits per heavy atom. The fourth-order valence-corrected chi connectivity index (χ4v) is 2.08. The molecule has 0 atom stereocenters. The van der Waals surface area contributed by atoms with Gasteiger partial charge in [0.1, 0.15) is 5.75 Å². The molecule has 20 heavy (non-hydrogen) atoms. The standard InChI is InChI=1S/C17H22N2O/c1-13(2)14-6-5-7-16(10-14)19(3)12-15-8-9-17(20-4)11-18-15/h5-11,13H,12H2,1-4H3. The maximum absolute atomic E-state index is 5.12. The van der Waals surface area contributed by atoms with Crippen LogP contribution >= 0.6 is 0 Å². The first-order valence-electron chi connectivity index (χ1n) is 6.90. The van der Waals surface area contributed by atoms with Crippen LogP contribution in [0.2, 0.25) is 0 Å². The number of hydrogen-bond acceptors (Lipinski definition) is 3. The van der Waals surface area contributed by atoms with Gasteiger partial charge in [-0.1, -0.05) is 26.0 Å². The van der Waals surface area contributed by atoms with Gasteiger partial charge in [-0.05, 0) is 35.7 Å². The summed E-state index contributed by atoms with van der Waals surface area (Å²) >= 11 is 0. The van der Waals surface area contributed by atoms with Crippen molar-refractivity contribution in [2.24, 2.45) is 0 Å². The number of anilines is 1. The molecule has 0 unspecified atom stereocenters. The van der Waals surface area contributed by atoms with Crippen molar-refractivity contribution in [2.75, 3.05) is 19.1 Å². The van der Waals surface area contributed by atoms with Crippen LogP contribution in [0.5, 0.6) is 5.75 Å². The number of ether oxygens (including phenoxy) is 1. The average Bonchev–Trinajstić information content (AvgIpc) is 2.48. The normalized spacial score (nSPS) is 10.7. The summed E-state index contributed by atoms with van der Waals surface area (Å²) in [6.07, 6.45) is 1.76. The first-order chi connectivity index (χ1) is 9.60. The van der Waals surface area contributed by atoms with Gasteiger partial charge in [0.15, 0.2) is 0 Å². The summed E-state index contributed by atoms with van der Waals surface area (Å²) in [4.78, 5) is 6.61. The molecular formula is C17H22N2O. The molecule has 0 spiro atoms. The third-order valence-electron chi connectivity index (χ3n) is 3.41. The van der Waals surface area contributed by atoms with E-state index in [0.717, 1.165) is 18.0 Å². The quantitative estimate of drug-likeness (QED) is 0.825. The third-order valence-corrected chi connectivity index (χ3v) is 3.41. The fraction of sp³-hybridized carbons (Fsp3) is 0.353. The Morgan fingerprint density at radius 1 is 1.20 bits per heavy atom. The molecule has 0 bridgehead atoms. The highest BCUT2D eigenvalue weighted by Gasteiger charge is 2.06. The highest BCUT2D eigenvalue weighted by molar-refractivity contribution is 5.48. The molecule has 2 aromatic rings. The van der Waals surface area contributed by atoms with Gasteiger partial charge in [-0.25, -0.2) is 0 Å². The Bertz CT molecular complexity index is 549. The molecule has 0 amide bonds. The Hall–Kier alpha value is -2.03. The minimum Gasteiger partial charge on any atom is -0.495 e. The maximum atomic E-state index is 5.12. The van der Waals surface area contributed by atoms with Crippen LogP contribution in [0.25, 0.3) is 0 Å². The lowest BCUT2D eigenvalue weighted by Gasteiger charge is -2.20. The van der Waals surface area contributed by atoms with Crippen molar-refractivity contribution in [3.63, 3.8) is 0 Å². The lowest BCUT2D eigenvalue weighted by Crippen LogP contribution is -2.17. The van der Waals surface area contributed by atoms with Crippen LogP contribution in [0.1, 0.15) is 31.0 Å². The molecule has 106 valence electrons. The predicted octanol–water partition coefficient (Wildman–Crippen LogP) is 3.85. The van der Waals surface area contributed by atoms with E-state index in [1.165, 1.54) is 11.3 Å². The van der Waals surface area contributed by atoms with Crippen LogP contribution in [0.15, 0.2) is 42.6 Å². The zero-order valence-corrected chi connectivity index (χ0v) is 12.6. The lowest BCUT2D eigenvalue weighted by atomic mass is 10.0. The van der Waals surface area contributed by atoms with Crippen LogP contribution in [0, 0.1) is 0 Å². The van der Waals surface area contributed by atoms with E-state index in [2.05, 4.69) is 55.0 Å². The molecule has 1 aromatic heterocycles. The Balaban J connectivity index is 2.10. The molecule has 0 aliphatic heterocycles. The van der Waals surface area contributed by atoms with Gasteiger partial charge < -0.3 is 9.64 Å². The maximum Gasteiger partial charge on any atom is 0.137 e. The molecule has 1 aromatic carbocycles. The Labute approximate surface area is 121 Å². The van der Waals surface area contributed by atoms with Crippen molar-refractivity contribution in [3.05, 3.63) is 53.9 Å². The number of benzene rings is 1. The van der Waals surface area contributed by atoms with Gasteiger partial charge in [0, 0.05) is 12.7 Å². The molecule has 0 N–H and O–H groups in total. The zero-order chi connectivity index (χ0) is 14.5. The van der Waals surface area contributed by atoms with E-state index < -0.39 is 0 Å². The van der Waals surface area contributed by atoms with Crippen molar-refractivity contribution in [1.82, 2.24) is 4.98 Å². The molecule has 1 heterocycles. The molecular weight excluding hydrogens is 248 g/mol. The predicted molar refractivity (Wildman–Crippen MR) is 83.4 cm³/mol. The minimum atomic E-state index is 0.544. The van der Waals surface area contributed by atoms with Gasteiger partial charge in [0.2, 0.25) is 0 Å². The summed E-state index contributed by atoms with van der Waals surface area (Å²) in [7, 11) is 3.74. The summed E-state index contributed by atoms with van der Waals surface area (Å²) in [6, 6.07) is 12.6. The van der Waals surface area contributed by atoms with E-state index in [9.17, 15) is 0 Å². The van der Waals surface area contributed by atoms with E-state index >= 15 is 0 Å². The van der Waals surface area contributed by atoms with Crippen molar-refractivity contribution < 1.29 is 4.74 Å². The largest absolute Gasteiger partial charge is 0.495 e. The fourth-order valence-electron chi connectivity index (χ4n) is 2.08. The van der Waals surface area contributed by atoms with Crippen LogP contribution < -0.4 is 9.64 Å². The van der Waals surface area contributed by atoms with Crippen molar-refractivity contribution >= 4 is 5.69 Å². The van der Waals surface area contributed by atoms with E-state index in [4.69, 9.17) is 4.74 Å². The topological polar surface area (TPSA) is 25.4 Å². The molecule has 0 saturated heterocycles. The summed E-state index contributed by atoms with van der Waals surface area (Å²) in [5, 5.41) is 0.